The van der Waals surface area contributed by atoms with Crippen LogP contribution in [0.5, 0.6) is 0 Å². The van der Waals surface area contributed by atoms with E-state index in [-0.39, 0.29) is 22.5 Å². The Morgan fingerprint density at radius 2 is 1.50 bits per heavy atom. The second-order valence-corrected chi connectivity index (χ2v) is 8.85. The summed E-state index contributed by atoms with van der Waals surface area (Å²) < 4.78 is 6.17. The van der Waals surface area contributed by atoms with E-state index in [4.69, 9.17) is 4.74 Å². The van der Waals surface area contributed by atoms with E-state index in [2.05, 4.69) is 41.5 Å². The fourth-order valence-corrected chi connectivity index (χ4v) is 4.51. The Hall–Kier alpha value is -0.570. The van der Waals surface area contributed by atoms with Gasteiger partial charge in [0.05, 0.1) is 16.6 Å². The summed E-state index contributed by atoms with van der Waals surface area (Å²) in [6, 6.07) is 0. The first-order valence-corrected chi connectivity index (χ1v) is 7.84. The van der Waals surface area contributed by atoms with Gasteiger partial charge in [-0.1, -0.05) is 13.8 Å². The summed E-state index contributed by atoms with van der Waals surface area (Å²) in [5, 5.41) is 9.97. The Morgan fingerprint density at radius 1 is 1.00 bits per heavy atom. The summed E-state index contributed by atoms with van der Waals surface area (Å²) in [6.07, 6.45) is 4.39. The second-order valence-electron chi connectivity index (χ2n) is 8.85. The molecular formula is C17H30O3. The van der Waals surface area contributed by atoms with E-state index in [0.717, 1.165) is 32.1 Å². The first-order valence-electron chi connectivity index (χ1n) is 7.84. The van der Waals surface area contributed by atoms with Crippen molar-refractivity contribution in [3.05, 3.63) is 0 Å². The van der Waals surface area contributed by atoms with Crippen molar-refractivity contribution in [2.75, 3.05) is 0 Å². The highest BCUT2D eigenvalue weighted by molar-refractivity contribution is 5.75. The highest BCUT2D eigenvalue weighted by atomic mass is 16.5. The normalized spacial score (nSPS) is 33.8. The molecular weight excluding hydrogens is 252 g/mol. The average molecular weight is 282 g/mol. The molecule has 0 aromatic carbocycles. The summed E-state index contributed by atoms with van der Waals surface area (Å²) in [4.78, 5) is 12.1. The van der Waals surface area contributed by atoms with Crippen LogP contribution < -0.4 is 0 Å². The number of carboxylic acid groups (broad SMARTS) is 1. The minimum Gasteiger partial charge on any atom is -0.481 e. The minimum absolute atomic E-state index is 0.0959. The van der Waals surface area contributed by atoms with E-state index in [1.54, 1.807) is 0 Å². The van der Waals surface area contributed by atoms with Gasteiger partial charge in [0.2, 0.25) is 0 Å². The third-order valence-electron chi connectivity index (χ3n) is 5.66. The fourth-order valence-electron chi connectivity index (χ4n) is 4.51. The Kier molecular flexibility index (Phi) is 3.53. The van der Waals surface area contributed by atoms with E-state index < -0.39 is 11.4 Å². The van der Waals surface area contributed by atoms with Crippen LogP contribution in [0.15, 0.2) is 0 Å². The molecule has 20 heavy (non-hydrogen) atoms. The van der Waals surface area contributed by atoms with Crippen molar-refractivity contribution in [3.63, 3.8) is 0 Å². The molecule has 0 radical (unpaired) electrons. The van der Waals surface area contributed by atoms with Crippen molar-refractivity contribution in [2.24, 2.45) is 16.7 Å². The topological polar surface area (TPSA) is 46.5 Å². The van der Waals surface area contributed by atoms with Crippen LogP contribution in [0.2, 0.25) is 0 Å². The van der Waals surface area contributed by atoms with Gasteiger partial charge in [0, 0.05) is 5.92 Å². The zero-order chi connectivity index (χ0) is 15.4. The number of hydrogen-bond acceptors (Lipinski definition) is 2. The molecule has 116 valence electrons. The Bertz CT molecular complexity index is 396. The van der Waals surface area contributed by atoms with Crippen molar-refractivity contribution < 1.29 is 14.6 Å². The molecule has 2 rings (SSSR count). The smallest absolute Gasteiger partial charge is 0.310 e. The Labute approximate surface area is 123 Å². The molecule has 0 spiro atoms. The largest absolute Gasteiger partial charge is 0.481 e. The number of ether oxygens (including phenoxy) is 1. The molecule has 1 unspecified atom stereocenters. The van der Waals surface area contributed by atoms with Crippen molar-refractivity contribution in [1.82, 2.24) is 0 Å². The molecule has 3 heteroatoms. The van der Waals surface area contributed by atoms with Gasteiger partial charge in [0.25, 0.3) is 0 Å². The maximum atomic E-state index is 12.1. The molecule has 0 aromatic heterocycles. The second kappa shape index (κ2) is 4.46. The summed E-state index contributed by atoms with van der Waals surface area (Å²) in [5.41, 5.74) is -0.905. The minimum atomic E-state index is -0.618. The first-order chi connectivity index (χ1) is 8.90. The molecule has 1 aliphatic heterocycles. The molecule has 0 aromatic rings. The van der Waals surface area contributed by atoms with Gasteiger partial charge in [-0.15, -0.1) is 0 Å². The molecule has 0 bridgehead atoms. The number of hydrogen-bond donors (Lipinski definition) is 1. The van der Waals surface area contributed by atoms with Gasteiger partial charge < -0.3 is 9.84 Å². The number of carbonyl (C=O) groups is 1. The van der Waals surface area contributed by atoms with E-state index in [9.17, 15) is 9.90 Å². The fraction of sp³-hybridized carbons (Fsp3) is 0.941. The SMILES string of the molecule is CC1(C)CCC(C(=O)O)(C2CC(C)(C)OC2(C)C)CC1. The van der Waals surface area contributed by atoms with E-state index >= 15 is 0 Å². The lowest BCUT2D eigenvalue weighted by molar-refractivity contribution is -0.164. The lowest BCUT2D eigenvalue weighted by Crippen LogP contribution is -2.49. The Balaban J connectivity index is 2.33. The average Bonchev–Trinajstić information content (AvgIpc) is 2.47. The Morgan fingerprint density at radius 3 is 1.85 bits per heavy atom. The van der Waals surface area contributed by atoms with Crippen molar-refractivity contribution in [2.45, 2.75) is 84.8 Å². The molecule has 1 aliphatic carbocycles. The molecule has 0 amide bonds. The van der Waals surface area contributed by atoms with Gasteiger partial charge in [0.15, 0.2) is 0 Å². The van der Waals surface area contributed by atoms with Crippen molar-refractivity contribution >= 4 is 5.97 Å². The summed E-state index contributed by atoms with van der Waals surface area (Å²) in [5.74, 6) is -0.522. The van der Waals surface area contributed by atoms with Crippen LogP contribution in [0.4, 0.5) is 0 Å². The lowest BCUT2D eigenvalue weighted by Gasteiger charge is -2.47. The van der Waals surface area contributed by atoms with Crippen molar-refractivity contribution in [1.29, 1.82) is 0 Å². The molecule has 1 N–H and O–H groups in total. The number of rotatable bonds is 2. The maximum Gasteiger partial charge on any atom is 0.310 e. The van der Waals surface area contributed by atoms with E-state index in [1.165, 1.54) is 0 Å². The third kappa shape index (κ3) is 2.61. The van der Waals surface area contributed by atoms with Crippen LogP contribution in [0.1, 0.15) is 73.6 Å². The lowest BCUT2D eigenvalue weighted by atomic mass is 9.56. The standard InChI is InChI=1S/C17H30O3/c1-14(2)7-9-17(10-8-14,13(18)19)12-11-15(3,4)20-16(12,5)6/h12H,7-11H2,1-6H3,(H,18,19). The molecule has 1 heterocycles. The molecule has 1 atom stereocenters. The van der Waals surface area contributed by atoms with Crippen LogP contribution in [-0.4, -0.2) is 22.3 Å². The number of aliphatic carboxylic acids is 1. The van der Waals surface area contributed by atoms with Gasteiger partial charge in [-0.25, -0.2) is 0 Å². The monoisotopic (exact) mass is 282 g/mol. The van der Waals surface area contributed by atoms with Crippen LogP contribution >= 0.6 is 0 Å². The first kappa shape index (κ1) is 15.8. The van der Waals surface area contributed by atoms with E-state index in [0.29, 0.717) is 0 Å². The highest BCUT2D eigenvalue weighted by Gasteiger charge is 2.59. The van der Waals surface area contributed by atoms with Crippen LogP contribution in [0.25, 0.3) is 0 Å². The third-order valence-corrected chi connectivity index (χ3v) is 5.66. The molecule has 3 nitrogen and oxygen atoms in total. The quantitative estimate of drug-likeness (QED) is 0.823. The molecule has 2 fully saturated rings. The predicted molar refractivity (Wildman–Crippen MR) is 79.7 cm³/mol. The van der Waals surface area contributed by atoms with Gasteiger partial charge in [0.1, 0.15) is 0 Å². The van der Waals surface area contributed by atoms with Crippen LogP contribution in [-0.2, 0) is 9.53 Å². The van der Waals surface area contributed by atoms with Crippen LogP contribution in [0.3, 0.4) is 0 Å². The summed E-state index contributed by atoms with van der Waals surface area (Å²) in [6.45, 7) is 12.8. The number of carboxylic acids is 1. The predicted octanol–water partition coefficient (Wildman–Crippen LogP) is 4.25. The van der Waals surface area contributed by atoms with Gasteiger partial charge in [-0.3, -0.25) is 4.79 Å². The zero-order valence-corrected chi connectivity index (χ0v) is 13.9. The summed E-state index contributed by atoms with van der Waals surface area (Å²) >= 11 is 0. The van der Waals surface area contributed by atoms with E-state index in [1.807, 2.05) is 0 Å². The molecule has 1 saturated heterocycles. The maximum absolute atomic E-state index is 12.1. The van der Waals surface area contributed by atoms with Gasteiger partial charge >= 0.3 is 5.97 Å². The summed E-state index contributed by atoms with van der Waals surface area (Å²) in [7, 11) is 0. The molecule has 1 saturated carbocycles. The highest BCUT2D eigenvalue weighted by Crippen LogP contribution is 2.58. The van der Waals surface area contributed by atoms with Crippen molar-refractivity contribution in [3.8, 4) is 0 Å². The molecule has 2 aliphatic rings. The van der Waals surface area contributed by atoms with Gasteiger partial charge in [-0.2, -0.15) is 0 Å². The van der Waals surface area contributed by atoms with Crippen LogP contribution in [0, 0.1) is 16.7 Å². The zero-order valence-electron chi connectivity index (χ0n) is 13.9. The van der Waals surface area contributed by atoms with Gasteiger partial charge in [-0.05, 0) is 65.2 Å².